The standard InChI is InChI=1S/C15H17ClN2O3/c16-12-3-1-11(2-4-12)13-7-14(21-17-13)15(20)18-6-5-10(8-18)9-19/h1-4,10,14,19H,5-9H2/t10-,14-/m1/s1. The highest BCUT2D eigenvalue weighted by atomic mass is 35.5. The van der Waals surface area contributed by atoms with Crippen molar-refractivity contribution in [3.63, 3.8) is 0 Å². The summed E-state index contributed by atoms with van der Waals surface area (Å²) < 4.78 is 0. The molecule has 21 heavy (non-hydrogen) atoms. The summed E-state index contributed by atoms with van der Waals surface area (Å²) in [7, 11) is 0. The van der Waals surface area contributed by atoms with Gasteiger partial charge in [-0.05, 0) is 24.1 Å². The Morgan fingerprint density at radius 2 is 2.19 bits per heavy atom. The Labute approximate surface area is 128 Å². The van der Waals surface area contributed by atoms with E-state index < -0.39 is 6.10 Å². The molecule has 1 aromatic carbocycles. The molecule has 3 rings (SSSR count). The van der Waals surface area contributed by atoms with Gasteiger partial charge in [0.2, 0.25) is 6.10 Å². The van der Waals surface area contributed by atoms with Gasteiger partial charge in [-0.15, -0.1) is 0 Å². The zero-order valence-electron chi connectivity index (χ0n) is 11.5. The molecule has 6 heteroatoms. The lowest BCUT2D eigenvalue weighted by molar-refractivity contribution is -0.141. The Morgan fingerprint density at radius 1 is 1.43 bits per heavy atom. The van der Waals surface area contributed by atoms with Crippen LogP contribution >= 0.6 is 11.6 Å². The van der Waals surface area contributed by atoms with Crippen molar-refractivity contribution in [1.29, 1.82) is 0 Å². The van der Waals surface area contributed by atoms with Crippen LogP contribution in [0.2, 0.25) is 5.02 Å². The molecule has 0 radical (unpaired) electrons. The lowest BCUT2D eigenvalue weighted by Crippen LogP contribution is -2.38. The van der Waals surface area contributed by atoms with E-state index in [1.807, 2.05) is 12.1 Å². The molecule has 1 amide bonds. The number of amides is 1. The fourth-order valence-corrected chi connectivity index (χ4v) is 2.83. The second kappa shape index (κ2) is 6.03. The highest BCUT2D eigenvalue weighted by Crippen LogP contribution is 2.23. The molecule has 112 valence electrons. The molecule has 0 unspecified atom stereocenters. The van der Waals surface area contributed by atoms with Gasteiger partial charge in [0.1, 0.15) is 0 Å². The third kappa shape index (κ3) is 3.04. The highest BCUT2D eigenvalue weighted by Gasteiger charge is 2.35. The van der Waals surface area contributed by atoms with E-state index in [1.54, 1.807) is 17.0 Å². The number of benzene rings is 1. The van der Waals surface area contributed by atoms with E-state index in [-0.39, 0.29) is 18.4 Å². The third-order valence-corrected chi connectivity index (χ3v) is 4.23. The second-order valence-electron chi connectivity index (χ2n) is 5.46. The molecule has 2 heterocycles. The van der Waals surface area contributed by atoms with E-state index in [9.17, 15) is 4.79 Å². The molecule has 0 saturated carbocycles. The Hall–Kier alpha value is -1.59. The minimum atomic E-state index is -0.548. The summed E-state index contributed by atoms with van der Waals surface area (Å²) in [5.41, 5.74) is 1.69. The SMILES string of the molecule is O=C([C@H]1CC(c2ccc(Cl)cc2)=NO1)N1CC[C@@H](CO)C1. The average Bonchev–Trinajstić information content (AvgIpc) is 3.16. The van der Waals surface area contributed by atoms with Crippen LogP contribution in [0.1, 0.15) is 18.4 Å². The molecule has 5 nitrogen and oxygen atoms in total. The van der Waals surface area contributed by atoms with Crippen LogP contribution in [0.3, 0.4) is 0 Å². The van der Waals surface area contributed by atoms with Crippen LogP contribution in [0.5, 0.6) is 0 Å². The number of carbonyl (C=O) groups is 1. The van der Waals surface area contributed by atoms with Gasteiger partial charge in [0.15, 0.2) is 0 Å². The van der Waals surface area contributed by atoms with Crippen molar-refractivity contribution in [3.05, 3.63) is 34.9 Å². The van der Waals surface area contributed by atoms with Crippen LogP contribution in [0.15, 0.2) is 29.4 Å². The predicted octanol–water partition coefficient (Wildman–Crippen LogP) is 1.67. The number of halogens is 1. The molecular formula is C15H17ClN2O3. The first-order valence-electron chi connectivity index (χ1n) is 7.05. The van der Waals surface area contributed by atoms with Crippen LogP contribution in [0, 0.1) is 5.92 Å². The lowest BCUT2D eigenvalue weighted by atomic mass is 10.0. The summed E-state index contributed by atoms with van der Waals surface area (Å²) in [6, 6.07) is 7.33. The van der Waals surface area contributed by atoms with Crippen molar-refractivity contribution in [3.8, 4) is 0 Å². The van der Waals surface area contributed by atoms with Gasteiger partial charge in [0, 0.05) is 37.1 Å². The summed E-state index contributed by atoms with van der Waals surface area (Å²) in [4.78, 5) is 19.4. The molecule has 0 spiro atoms. The van der Waals surface area contributed by atoms with Crippen LogP contribution in [0.4, 0.5) is 0 Å². The van der Waals surface area contributed by atoms with Gasteiger partial charge in [0.05, 0.1) is 5.71 Å². The molecule has 2 atom stereocenters. The van der Waals surface area contributed by atoms with E-state index in [4.69, 9.17) is 21.5 Å². The van der Waals surface area contributed by atoms with Gasteiger partial charge in [-0.1, -0.05) is 28.9 Å². The molecule has 1 fully saturated rings. The topological polar surface area (TPSA) is 62.1 Å². The molecule has 1 N–H and O–H groups in total. The molecule has 0 bridgehead atoms. The maximum Gasteiger partial charge on any atom is 0.266 e. The summed E-state index contributed by atoms with van der Waals surface area (Å²) in [5, 5.41) is 13.8. The summed E-state index contributed by atoms with van der Waals surface area (Å²) >= 11 is 5.86. The number of nitrogens with zero attached hydrogens (tertiary/aromatic N) is 2. The number of likely N-dealkylation sites (tertiary alicyclic amines) is 1. The van der Waals surface area contributed by atoms with Crippen molar-refractivity contribution in [2.45, 2.75) is 18.9 Å². The quantitative estimate of drug-likeness (QED) is 0.924. The minimum absolute atomic E-state index is 0.0429. The largest absolute Gasteiger partial charge is 0.396 e. The third-order valence-electron chi connectivity index (χ3n) is 3.98. The first kappa shape index (κ1) is 14.4. The van der Waals surface area contributed by atoms with Crippen molar-refractivity contribution in [2.75, 3.05) is 19.7 Å². The molecule has 0 aliphatic carbocycles. The zero-order valence-corrected chi connectivity index (χ0v) is 12.3. The molecule has 1 aromatic rings. The fourth-order valence-electron chi connectivity index (χ4n) is 2.71. The van der Waals surface area contributed by atoms with Crippen LogP contribution in [-0.2, 0) is 9.63 Å². The highest BCUT2D eigenvalue weighted by molar-refractivity contribution is 6.30. The molecule has 2 aliphatic heterocycles. The second-order valence-corrected chi connectivity index (χ2v) is 5.90. The fraction of sp³-hybridized carbons (Fsp3) is 0.467. The van der Waals surface area contributed by atoms with Gasteiger partial charge < -0.3 is 14.8 Å². The number of carbonyl (C=O) groups excluding carboxylic acids is 1. The molecule has 2 aliphatic rings. The van der Waals surface area contributed by atoms with Crippen LogP contribution in [0.25, 0.3) is 0 Å². The minimum Gasteiger partial charge on any atom is -0.396 e. The Morgan fingerprint density at radius 3 is 2.86 bits per heavy atom. The van der Waals surface area contributed by atoms with E-state index in [2.05, 4.69) is 5.16 Å². The van der Waals surface area contributed by atoms with Crippen molar-refractivity contribution in [1.82, 2.24) is 4.90 Å². The predicted molar refractivity (Wildman–Crippen MR) is 79.3 cm³/mol. The Bertz CT molecular complexity index is 559. The first-order chi connectivity index (χ1) is 10.2. The number of aliphatic hydroxyl groups is 1. The van der Waals surface area contributed by atoms with Crippen LogP contribution < -0.4 is 0 Å². The van der Waals surface area contributed by atoms with Crippen molar-refractivity contribution >= 4 is 23.2 Å². The van der Waals surface area contributed by atoms with Gasteiger partial charge in [-0.2, -0.15) is 0 Å². The normalized spacial score (nSPS) is 24.9. The van der Waals surface area contributed by atoms with E-state index >= 15 is 0 Å². The first-order valence-corrected chi connectivity index (χ1v) is 7.43. The maximum atomic E-state index is 12.4. The number of hydrogen-bond acceptors (Lipinski definition) is 4. The number of aliphatic hydroxyl groups excluding tert-OH is 1. The van der Waals surface area contributed by atoms with Gasteiger partial charge in [-0.3, -0.25) is 4.79 Å². The van der Waals surface area contributed by atoms with Crippen molar-refractivity contribution < 1.29 is 14.7 Å². The van der Waals surface area contributed by atoms with Crippen LogP contribution in [-0.4, -0.2) is 47.4 Å². The summed E-state index contributed by atoms with van der Waals surface area (Å²) in [6.45, 7) is 1.41. The summed E-state index contributed by atoms with van der Waals surface area (Å²) in [6.07, 6.45) is 0.772. The number of rotatable bonds is 3. The number of hydrogen-bond donors (Lipinski definition) is 1. The Balaban J connectivity index is 1.61. The van der Waals surface area contributed by atoms with E-state index in [0.717, 1.165) is 17.7 Å². The van der Waals surface area contributed by atoms with E-state index in [0.29, 0.717) is 24.5 Å². The van der Waals surface area contributed by atoms with Gasteiger partial charge >= 0.3 is 0 Å². The Kier molecular flexibility index (Phi) is 4.12. The smallest absolute Gasteiger partial charge is 0.266 e. The lowest BCUT2D eigenvalue weighted by Gasteiger charge is -2.18. The summed E-state index contributed by atoms with van der Waals surface area (Å²) in [5.74, 6) is 0.144. The van der Waals surface area contributed by atoms with Gasteiger partial charge in [-0.25, -0.2) is 0 Å². The number of oxime groups is 1. The monoisotopic (exact) mass is 308 g/mol. The zero-order chi connectivity index (χ0) is 14.8. The molecule has 1 saturated heterocycles. The van der Waals surface area contributed by atoms with E-state index in [1.165, 1.54) is 0 Å². The van der Waals surface area contributed by atoms with Gasteiger partial charge in [0.25, 0.3) is 5.91 Å². The molecular weight excluding hydrogens is 292 g/mol. The van der Waals surface area contributed by atoms with Crippen molar-refractivity contribution in [2.24, 2.45) is 11.1 Å². The average molecular weight is 309 g/mol. The molecule has 0 aromatic heterocycles. The maximum absolute atomic E-state index is 12.4.